The first-order valence-corrected chi connectivity index (χ1v) is 10.3. The van der Waals surface area contributed by atoms with Crippen molar-refractivity contribution in [1.29, 1.82) is 0 Å². The molecule has 2 aliphatic rings. The molecule has 2 aromatic carbocycles. The van der Waals surface area contributed by atoms with E-state index in [0.717, 1.165) is 42.2 Å². The van der Waals surface area contributed by atoms with Gasteiger partial charge in [0.1, 0.15) is 0 Å². The number of nitrogens with zero attached hydrogens (tertiary/aromatic N) is 2. The van der Waals surface area contributed by atoms with Crippen molar-refractivity contribution in [3.05, 3.63) is 59.1 Å². The third-order valence-corrected chi connectivity index (χ3v) is 6.41. The Morgan fingerprint density at radius 3 is 2.41 bits per heavy atom. The maximum absolute atomic E-state index is 12.8. The normalized spacial score (nSPS) is 23.8. The molecule has 0 radical (unpaired) electrons. The standard InChI is InChI=1S/C23H27ClN2O/c1-25-22(15-19(23(25)27)16-26-13-5-2-6-14-26)18-11-9-17(10-12-18)20-7-3-4-8-21(20)24/h3-4,7-12,19,22H,2,5-6,13-16H2,1H3. The molecule has 2 aliphatic heterocycles. The van der Waals surface area contributed by atoms with Crippen molar-refractivity contribution >= 4 is 17.5 Å². The van der Waals surface area contributed by atoms with Crippen molar-refractivity contribution in [3.63, 3.8) is 0 Å². The number of amides is 1. The lowest BCUT2D eigenvalue weighted by Crippen LogP contribution is -2.36. The van der Waals surface area contributed by atoms with Gasteiger partial charge >= 0.3 is 0 Å². The molecule has 0 aromatic heterocycles. The largest absolute Gasteiger partial charge is 0.338 e. The van der Waals surface area contributed by atoms with Gasteiger partial charge in [-0.1, -0.05) is 60.5 Å². The van der Waals surface area contributed by atoms with Gasteiger partial charge in [0.2, 0.25) is 5.91 Å². The number of carbonyl (C=O) groups is 1. The van der Waals surface area contributed by atoms with Crippen LogP contribution in [0.2, 0.25) is 5.02 Å². The summed E-state index contributed by atoms with van der Waals surface area (Å²) in [5.74, 6) is 0.419. The number of piperidine rings is 1. The van der Waals surface area contributed by atoms with Crippen LogP contribution in [0.1, 0.15) is 37.3 Å². The van der Waals surface area contributed by atoms with E-state index in [4.69, 9.17) is 11.6 Å². The van der Waals surface area contributed by atoms with Gasteiger partial charge in [0, 0.05) is 24.2 Å². The van der Waals surface area contributed by atoms with Crippen LogP contribution < -0.4 is 0 Å². The highest BCUT2D eigenvalue weighted by atomic mass is 35.5. The molecule has 2 saturated heterocycles. The summed E-state index contributed by atoms with van der Waals surface area (Å²) in [5.41, 5.74) is 3.37. The Kier molecular flexibility index (Phi) is 5.51. The second-order valence-corrected chi connectivity index (χ2v) is 8.27. The molecule has 142 valence electrons. The van der Waals surface area contributed by atoms with Gasteiger partial charge in [-0.15, -0.1) is 0 Å². The molecule has 2 aromatic rings. The summed E-state index contributed by atoms with van der Waals surface area (Å²) >= 11 is 6.32. The van der Waals surface area contributed by atoms with Crippen LogP contribution in [0.25, 0.3) is 11.1 Å². The maximum Gasteiger partial charge on any atom is 0.227 e. The average Bonchev–Trinajstić information content (AvgIpc) is 2.98. The lowest BCUT2D eigenvalue weighted by Gasteiger charge is -2.28. The minimum Gasteiger partial charge on any atom is -0.338 e. The zero-order chi connectivity index (χ0) is 18.8. The average molecular weight is 383 g/mol. The lowest BCUT2D eigenvalue weighted by atomic mass is 9.96. The Bertz CT molecular complexity index is 798. The molecule has 2 heterocycles. The van der Waals surface area contributed by atoms with E-state index in [9.17, 15) is 4.79 Å². The molecule has 2 atom stereocenters. The van der Waals surface area contributed by atoms with Gasteiger partial charge in [-0.25, -0.2) is 0 Å². The Morgan fingerprint density at radius 1 is 1.00 bits per heavy atom. The van der Waals surface area contributed by atoms with E-state index in [1.54, 1.807) is 0 Å². The van der Waals surface area contributed by atoms with Gasteiger partial charge in [0.05, 0.1) is 12.0 Å². The number of rotatable bonds is 4. The fourth-order valence-electron chi connectivity index (χ4n) is 4.52. The molecule has 0 saturated carbocycles. The number of carbonyl (C=O) groups excluding carboxylic acids is 1. The van der Waals surface area contributed by atoms with Gasteiger partial charge < -0.3 is 9.80 Å². The molecule has 2 unspecified atom stereocenters. The quantitative estimate of drug-likeness (QED) is 0.741. The van der Waals surface area contributed by atoms with E-state index < -0.39 is 0 Å². The first kappa shape index (κ1) is 18.5. The Balaban J connectivity index is 1.48. The van der Waals surface area contributed by atoms with Crippen LogP contribution in [-0.4, -0.2) is 42.4 Å². The zero-order valence-corrected chi connectivity index (χ0v) is 16.7. The molecular weight excluding hydrogens is 356 g/mol. The van der Waals surface area contributed by atoms with E-state index in [1.165, 1.54) is 24.8 Å². The lowest BCUT2D eigenvalue weighted by molar-refractivity contribution is -0.131. The predicted molar refractivity (Wildman–Crippen MR) is 111 cm³/mol. The van der Waals surface area contributed by atoms with E-state index in [1.807, 2.05) is 36.2 Å². The predicted octanol–water partition coefficient (Wildman–Crippen LogP) is 5.01. The molecule has 4 heteroatoms. The molecule has 0 spiro atoms. The highest BCUT2D eigenvalue weighted by Crippen LogP contribution is 2.37. The van der Waals surface area contributed by atoms with Gasteiger partial charge in [-0.3, -0.25) is 4.79 Å². The zero-order valence-electron chi connectivity index (χ0n) is 15.9. The van der Waals surface area contributed by atoms with Crippen LogP contribution >= 0.6 is 11.6 Å². The number of benzene rings is 2. The van der Waals surface area contributed by atoms with Crippen molar-refractivity contribution in [2.24, 2.45) is 5.92 Å². The summed E-state index contributed by atoms with van der Waals surface area (Å²) in [7, 11) is 1.95. The molecule has 1 amide bonds. The second-order valence-electron chi connectivity index (χ2n) is 7.86. The van der Waals surface area contributed by atoms with Gasteiger partial charge in [0.15, 0.2) is 0 Å². The molecule has 0 N–H and O–H groups in total. The van der Waals surface area contributed by atoms with Crippen molar-refractivity contribution in [1.82, 2.24) is 9.80 Å². The molecule has 27 heavy (non-hydrogen) atoms. The van der Waals surface area contributed by atoms with E-state index in [2.05, 4.69) is 29.2 Å². The number of hydrogen-bond donors (Lipinski definition) is 0. The van der Waals surface area contributed by atoms with Crippen molar-refractivity contribution in [2.75, 3.05) is 26.7 Å². The summed E-state index contributed by atoms with van der Waals surface area (Å²) in [5, 5.41) is 0.764. The van der Waals surface area contributed by atoms with E-state index in [-0.39, 0.29) is 12.0 Å². The van der Waals surface area contributed by atoms with Gasteiger partial charge in [-0.05, 0) is 49.5 Å². The first-order valence-electron chi connectivity index (χ1n) is 9.97. The number of hydrogen-bond acceptors (Lipinski definition) is 2. The Morgan fingerprint density at radius 2 is 1.70 bits per heavy atom. The fourth-order valence-corrected chi connectivity index (χ4v) is 4.76. The van der Waals surface area contributed by atoms with Crippen LogP contribution in [0.15, 0.2) is 48.5 Å². The van der Waals surface area contributed by atoms with Gasteiger partial charge in [0.25, 0.3) is 0 Å². The minimum atomic E-state index is 0.126. The van der Waals surface area contributed by atoms with Crippen LogP contribution in [0.4, 0.5) is 0 Å². The monoisotopic (exact) mass is 382 g/mol. The van der Waals surface area contributed by atoms with Crippen LogP contribution in [0, 0.1) is 5.92 Å². The summed E-state index contributed by atoms with van der Waals surface area (Å²) in [4.78, 5) is 17.2. The summed E-state index contributed by atoms with van der Waals surface area (Å²) in [6.45, 7) is 3.20. The number of likely N-dealkylation sites (tertiary alicyclic amines) is 2. The fraction of sp³-hybridized carbons (Fsp3) is 0.435. The molecular formula is C23H27ClN2O. The Hall–Kier alpha value is -1.84. The third-order valence-electron chi connectivity index (χ3n) is 6.08. The summed E-state index contributed by atoms with van der Waals surface area (Å²) in [6, 6.07) is 16.6. The molecule has 0 bridgehead atoms. The third kappa shape index (κ3) is 3.90. The number of halogens is 1. The SMILES string of the molecule is CN1C(=O)C(CN2CCCCC2)CC1c1ccc(-c2ccccc2Cl)cc1. The summed E-state index contributed by atoms with van der Waals surface area (Å²) in [6.07, 6.45) is 4.78. The summed E-state index contributed by atoms with van der Waals surface area (Å²) < 4.78 is 0. The maximum atomic E-state index is 12.8. The molecule has 2 fully saturated rings. The molecule has 4 rings (SSSR count). The van der Waals surface area contributed by atoms with E-state index in [0.29, 0.717) is 5.91 Å². The smallest absolute Gasteiger partial charge is 0.227 e. The van der Waals surface area contributed by atoms with Gasteiger partial charge in [-0.2, -0.15) is 0 Å². The minimum absolute atomic E-state index is 0.126. The first-order chi connectivity index (χ1) is 13.1. The molecule has 3 nitrogen and oxygen atoms in total. The second kappa shape index (κ2) is 8.04. The molecule has 0 aliphatic carbocycles. The highest BCUT2D eigenvalue weighted by molar-refractivity contribution is 6.33. The topological polar surface area (TPSA) is 23.6 Å². The Labute approximate surface area is 166 Å². The van der Waals surface area contributed by atoms with Crippen molar-refractivity contribution in [3.8, 4) is 11.1 Å². The van der Waals surface area contributed by atoms with Crippen LogP contribution in [0.3, 0.4) is 0 Å². The van der Waals surface area contributed by atoms with Crippen LogP contribution in [0.5, 0.6) is 0 Å². The van der Waals surface area contributed by atoms with Crippen molar-refractivity contribution in [2.45, 2.75) is 31.7 Å². The van der Waals surface area contributed by atoms with Crippen molar-refractivity contribution < 1.29 is 4.79 Å². The van der Waals surface area contributed by atoms with E-state index >= 15 is 0 Å². The highest BCUT2D eigenvalue weighted by Gasteiger charge is 2.38. The van der Waals surface area contributed by atoms with Crippen LogP contribution in [-0.2, 0) is 4.79 Å².